The number of pyridine rings is 1. The highest BCUT2D eigenvalue weighted by Gasteiger charge is 2.26. The molecule has 0 bridgehead atoms. The van der Waals surface area contributed by atoms with Crippen molar-refractivity contribution in [1.29, 1.82) is 0 Å². The van der Waals surface area contributed by atoms with Crippen molar-refractivity contribution in [3.63, 3.8) is 0 Å². The number of nitrogens with zero attached hydrogens (tertiary/aromatic N) is 4. The zero-order chi connectivity index (χ0) is 26.2. The Bertz CT molecular complexity index is 1100. The predicted octanol–water partition coefficient (Wildman–Crippen LogP) is 1.96. The summed E-state index contributed by atoms with van der Waals surface area (Å²) in [5.74, 6) is -0.300. The minimum absolute atomic E-state index is 0.121. The van der Waals surface area contributed by atoms with Crippen LogP contribution >= 0.6 is 15.2 Å². The van der Waals surface area contributed by atoms with E-state index in [0.717, 1.165) is 16.6 Å². The van der Waals surface area contributed by atoms with Gasteiger partial charge >= 0.3 is 15.2 Å². The maximum absolute atomic E-state index is 13.5. The van der Waals surface area contributed by atoms with E-state index in [-0.39, 0.29) is 18.4 Å². The Hall–Kier alpha value is -1.30. The second-order valence-electron chi connectivity index (χ2n) is 8.82. The average molecular weight is 548 g/mol. The van der Waals surface area contributed by atoms with E-state index in [0.29, 0.717) is 58.9 Å². The molecule has 0 aliphatic carbocycles. The molecule has 1 aromatic heterocycles. The first-order chi connectivity index (χ1) is 17.1. The highest BCUT2D eigenvalue weighted by Crippen LogP contribution is 2.42. The molecule has 36 heavy (non-hydrogen) atoms. The Morgan fingerprint density at radius 2 is 1.44 bits per heavy atom. The molecule has 0 amide bonds. The summed E-state index contributed by atoms with van der Waals surface area (Å²) in [6.07, 6.45) is -0.270. The Morgan fingerprint density at radius 3 is 2.06 bits per heavy atom. The fourth-order valence-corrected chi connectivity index (χ4v) is 5.83. The van der Waals surface area contributed by atoms with Crippen LogP contribution in [0.4, 0.5) is 4.39 Å². The minimum Gasteiger partial charge on any atom is -0.323 e. The van der Waals surface area contributed by atoms with E-state index in [1.165, 1.54) is 26.4 Å². The number of halogens is 1. The largest absolute Gasteiger partial charge is 0.341 e. The third-order valence-corrected chi connectivity index (χ3v) is 8.75. The van der Waals surface area contributed by atoms with Gasteiger partial charge in [-0.05, 0) is 24.3 Å². The van der Waals surface area contributed by atoms with Crippen LogP contribution in [-0.2, 0) is 24.7 Å². The minimum atomic E-state index is -3.80. The second kappa shape index (κ2) is 13.5. The first-order valence-corrected chi connectivity index (χ1v) is 15.3. The van der Waals surface area contributed by atoms with Crippen LogP contribution < -0.4 is 5.32 Å². The van der Waals surface area contributed by atoms with Gasteiger partial charge < -0.3 is 24.2 Å². The van der Waals surface area contributed by atoms with Crippen LogP contribution in [0.25, 0.3) is 10.9 Å². The van der Waals surface area contributed by atoms with E-state index >= 15 is 0 Å². The summed E-state index contributed by atoms with van der Waals surface area (Å²) < 4.78 is 47.5. The van der Waals surface area contributed by atoms with E-state index in [9.17, 15) is 23.3 Å². The lowest BCUT2D eigenvalue weighted by Gasteiger charge is -2.32. The third kappa shape index (κ3) is 9.54. The molecular formula is C22H36FN5O6P2. The highest BCUT2D eigenvalue weighted by atomic mass is 31.2. The molecule has 0 saturated carbocycles. The highest BCUT2D eigenvalue weighted by molar-refractivity contribution is 7.52. The van der Waals surface area contributed by atoms with Gasteiger partial charge in [-0.1, -0.05) is 6.07 Å². The number of rotatable bonds is 8. The summed E-state index contributed by atoms with van der Waals surface area (Å²) in [5, 5.41) is 4.11. The van der Waals surface area contributed by atoms with Crippen LogP contribution in [0.15, 0.2) is 30.3 Å². The summed E-state index contributed by atoms with van der Waals surface area (Å²) in [6, 6.07) is 8.26. The van der Waals surface area contributed by atoms with Crippen molar-refractivity contribution in [2.75, 3.05) is 79.1 Å². The van der Waals surface area contributed by atoms with Gasteiger partial charge in [0, 0.05) is 78.5 Å². The monoisotopic (exact) mass is 547 g/mol. The predicted molar refractivity (Wildman–Crippen MR) is 136 cm³/mol. The summed E-state index contributed by atoms with van der Waals surface area (Å²) in [5.41, 5.74) is 1.57. The van der Waals surface area contributed by atoms with Gasteiger partial charge in [0.05, 0.1) is 11.2 Å². The molecule has 0 radical (unpaired) electrons. The van der Waals surface area contributed by atoms with Gasteiger partial charge in [0.2, 0.25) is 0 Å². The van der Waals surface area contributed by atoms with Crippen LogP contribution in [0.5, 0.6) is 0 Å². The molecule has 2 aromatic rings. The molecule has 2 atom stereocenters. The summed E-state index contributed by atoms with van der Waals surface area (Å²) in [6.45, 7) is 5.00. The van der Waals surface area contributed by atoms with Crippen molar-refractivity contribution in [2.24, 2.45) is 0 Å². The average Bonchev–Trinajstić information content (AvgIpc) is 2.83. The number of nitrogens with one attached hydrogen (secondary N) is 1. The van der Waals surface area contributed by atoms with Crippen molar-refractivity contribution in [3.8, 4) is 0 Å². The summed E-state index contributed by atoms with van der Waals surface area (Å²) in [7, 11) is -5.12. The number of fused-ring (bicyclic) bond motifs is 1. The van der Waals surface area contributed by atoms with Gasteiger partial charge in [-0.3, -0.25) is 28.8 Å². The van der Waals surface area contributed by atoms with E-state index in [1.807, 2.05) is 21.9 Å². The molecule has 0 spiro atoms. The fraction of sp³-hybridized carbons (Fsp3) is 0.591. The number of aromatic nitrogens is 1. The van der Waals surface area contributed by atoms with Crippen LogP contribution in [0.2, 0.25) is 0 Å². The van der Waals surface area contributed by atoms with Gasteiger partial charge in [0.1, 0.15) is 18.4 Å². The molecule has 202 valence electrons. The molecule has 1 aliphatic heterocycles. The molecule has 1 fully saturated rings. The van der Waals surface area contributed by atoms with E-state index in [4.69, 9.17) is 9.05 Å². The zero-order valence-electron chi connectivity index (χ0n) is 20.8. The Morgan fingerprint density at radius 1 is 0.889 bits per heavy atom. The molecule has 3 rings (SSSR count). The molecule has 3 N–H and O–H groups in total. The lowest BCUT2D eigenvalue weighted by molar-refractivity contribution is 0.171. The number of hydrogen-bond acceptors (Lipinski definition) is 9. The lowest BCUT2D eigenvalue weighted by Crippen LogP contribution is -2.45. The molecule has 1 saturated heterocycles. The smallest absolute Gasteiger partial charge is 0.323 e. The van der Waals surface area contributed by atoms with Crippen LogP contribution in [0.3, 0.4) is 0 Å². The van der Waals surface area contributed by atoms with Crippen molar-refractivity contribution in [3.05, 3.63) is 41.8 Å². The first kappa shape index (κ1) is 29.3. The normalized spacial score (nSPS) is 21.4. The first-order valence-electron chi connectivity index (χ1n) is 11.8. The van der Waals surface area contributed by atoms with Crippen molar-refractivity contribution < 1.29 is 32.4 Å². The Kier molecular flexibility index (Phi) is 11.0. The quantitative estimate of drug-likeness (QED) is 0.420. The van der Waals surface area contributed by atoms with Gasteiger partial charge in [-0.2, -0.15) is 0 Å². The molecule has 2 heterocycles. The Balaban J connectivity index is 1.71. The van der Waals surface area contributed by atoms with Gasteiger partial charge in [-0.15, -0.1) is 0 Å². The van der Waals surface area contributed by atoms with Crippen molar-refractivity contribution in [2.45, 2.75) is 6.54 Å². The number of benzene rings is 1. The molecule has 14 heteroatoms. The van der Waals surface area contributed by atoms with Crippen LogP contribution in [0, 0.1) is 5.82 Å². The van der Waals surface area contributed by atoms with Crippen molar-refractivity contribution in [1.82, 2.24) is 25.0 Å². The molecular weight excluding hydrogens is 511 g/mol. The maximum atomic E-state index is 13.5. The lowest BCUT2D eigenvalue weighted by atomic mass is 10.2. The third-order valence-electron chi connectivity index (χ3n) is 6.10. The molecule has 1 aliphatic rings. The topological polar surface area (TPSA) is 128 Å². The molecule has 1 aromatic carbocycles. The number of hydrogen-bond donors (Lipinski definition) is 3. The SMILES string of the molecule is COP(=O)(O)CN1CCNCCN(Cc2ccc3cc(F)ccc3n2)CCN(CP(=O)(O)OC)CC1. The standard InChI is InChI=1S/C22H36FN5O6P2/c1-33-35(29,30)17-27-10-8-24-7-9-26(11-12-28(14-13-27)18-36(31,32)34-2)16-21-5-3-19-15-20(23)4-6-22(19)25-21/h3-6,15,24H,7-14,16-18H2,1-2H3,(H,29,30)(H,31,32). The molecule has 2 unspecified atom stereocenters. The zero-order valence-corrected chi connectivity index (χ0v) is 22.5. The molecule has 11 nitrogen and oxygen atoms in total. The van der Waals surface area contributed by atoms with Gasteiger partial charge in [-0.25, -0.2) is 4.39 Å². The van der Waals surface area contributed by atoms with Crippen molar-refractivity contribution >= 4 is 26.1 Å². The second-order valence-corrected chi connectivity index (χ2v) is 12.7. The Labute approximate surface area is 211 Å². The fourth-order valence-electron chi connectivity index (χ4n) is 4.02. The summed E-state index contributed by atoms with van der Waals surface area (Å²) in [4.78, 5) is 30.6. The maximum Gasteiger partial charge on any atom is 0.341 e. The summed E-state index contributed by atoms with van der Waals surface area (Å²) >= 11 is 0. The van der Waals surface area contributed by atoms with Gasteiger partial charge in [0.25, 0.3) is 0 Å². The van der Waals surface area contributed by atoms with Crippen LogP contribution in [0.1, 0.15) is 5.69 Å². The van der Waals surface area contributed by atoms with E-state index < -0.39 is 15.2 Å². The van der Waals surface area contributed by atoms with E-state index in [2.05, 4.69) is 15.2 Å². The van der Waals surface area contributed by atoms with Crippen LogP contribution in [-0.4, -0.2) is 109 Å². The van der Waals surface area contributed by atoms with Gasteiger partial charge in [0.15, 0.2) is 0 Å². The van der Waals surface area contributed by atoms with E-state index in [1.54, 1.807) is 6.07 Å².